The van der Waals surface area contributed by atoms with E-state index in [1.807, 2.05) is 20.8 Å². The number of alkyl halides is 1. The molecule has 2 aliphatic heterocycles. The lowest BCUT2D eigenvalue weighted by molar-refractivity contribution is -0.146. The number of rotatable bonds is 7. The van der Waals surface area contributed by atoms with Crippen LogP contribution in [-0.2, 0) is 19.2 Å². The van der Waals surface area contributed by atoms with Gasteiger partial charge in [0.05, 0.1) is 6.07 Å². The Morgan fingerprint density at radius 2 is 1.89 bits per heavy atom. The summed E-state index contributed by atoms with van der Waals surface area (Å²) in [6.07, 6.45) is 4.32. The first-order valence-corrected chi connectivity index (χ1v) is 13.7. The van der Waals surface area contributed by atoms with Crippen molar-refractivity contribution in [2.24, 2.45) is 35.0 Å². The van der Waals surface area contributed by atoms with Gasteiger partial charge in [-0.2, -0.15) is 5.26 Å². The molecule has 3 aliphatic carbocycles. The summed E-state index contributed by atoms with van der Waals surface area (Å²) in [4.78, 5) is 54.0. The highest BCUT2D eigenvalue weighted by Crippen LogP contribution is 2.57. The van der Waals surface area contributed by atoms with Crippen molar-refractivity contribution < 1.29 is 23.6 Å². The minimum absolute atomic E-state index is 0.00379. The standard InChI is InChI=1S/C27H38FN5O4/c1-26(2,3)21(32-25(37)27(28)7-8-27)24(36)33-13-18-14-4-5-15(10-14)19(18)20(33)23(35)31-17(12-29)11-16-6-9-30-22(16)34/h14-21H,4-11,13H2,1-3H3,(H,30,34)(H,31,35)(H,32,37)/t14-,15+,16+,17+,18-,19+,20+,21-/m1/s1. The van der Waals surface area contributed by atoms with E-state index in [0.29, 0.717) is 31.3 Å². The molecule has 0 aromatic rings. The molecule has 2 bridgehead atoms. The third-order valence-corrected chi connectivity index (χ3v) is 9.46. The Morgan fingerprint density at radius 1 is 1.19 bits per heavy atom. The van der Waals surface area contributed by atoms with Crippen molar-refractivity contribution in [1.29, 1.82) is 5.26 Å². The van der Waals surface area contributed by atoms with Crippen LogP contribution in [0.2, 0.25) is 0 Å². The van der Waals surface area contributed by atoms with Gasteiger partial charge >= 0.3 is 0 Å². The number of hydrogen-bond donors (Lipinski definition) is 3. The average Bonchev–Trinajstić information content (AvgIpc) is 3.26. The Bertz CT molecular complexity index is 1030. The molecule has 8 atom stereocenters. The second kappa shape index (κ2) is 9.25. The van der Waals surface area contributed by atoms with Crippen LogP contribution in [0.15, 0.2) is 0 Å². The summed E-state index contributed by atoms with van der Waals surface area (Å²) < 4.78 is 14.5. The minimum atomic E-state index is -1.91. The van der Waals surface area contributed by atoms with Gasteiger partial charge < -0.3 is 20.9 Å². The van der Waals surface area contributed by atoms with E-state index in [9.17, 15) is 28.8 Å². The zero-order chi connectivity index (χ0) is 26.7. The van der Waals surface area contributed by atoms with Gasteiger partial charge in [0.2, 0.25) is 17.7 Å². The lowest BCUT2D eigenvalue weighted by Crippen LogP contribution is -2.60. The Kier molecular flexibility index (Phi) is 6.48. The molecule has 5 aliphatic rings. The van der Waals surface area contributed by atoms with Crippen molar-refractivity contribution in [2.45, 2.75) is 89.5 Å². The first-order valence-electron chi connectivity index (χ1n) is 13.7. The van der Waals surface area contributed by atoms with Gasteiger partial charge in [0, 0.05) is 19.0 Å². The molecular weight excluding hydrogens is 477 g/mol. The highest BCUT2D eigenvalue weighted by molar-refractivity contribution is 5.96. The SMILES string of the molecule is CC(C)(C)[C@H](NC(=O)C1(F)CC1)C(=O)N1C[C@@H]2[C@@H]3CC[C@@H](C3)[C@@H]2[C@H]1C(=O)N[C@H](C#N)C[C@@H]1CCNC1=O. The number of hydrogen-bond acceptors (Lipinski definition) is 5. The predicted octanol–water partition coefficient (Wildman–Crippen LogP) is 1.43. The predicted molar refractivity (Wildman–Crippen MR) is 131 cm³/mol. The Hall–Kier alpha value is -2.70. The monoisotopic (exact) mass is 515 g/mol. The van der Waals surface area contributed by atoms with E-state index in [0.717, 1.165) is 19.3 Å². The van der Waals surface area contributed by atoms with Crippen LogP contribution in [0.25, 0.3) is 0 Å². The second-order valence-electron chi connectivity index (χ2n) is 13.0. The number of carbonyl (C=O) groups excluding carboxylic acids is 4. The minimum Gasteiger partial charge on any atom is -0.356 e. The highest BCUT2D eigenvalue weighted by Gasteiger charge is 2.60. The molecule has 2 heterocycles. The van der Waals surface area contributed by atoms with Gasteiger partial charge in [-0.3, -0.25) is 19.2 Å². The van der Waals surface area contributed by atoms with Gasteiger partial charge in [-0.1, -0.05) is 20.8 Å². The fourth-order valence-corrected chi connectivity index (χ4v) is 7.28. The van der Waals surface area contributed by atoms with E-state index in [2.05, 4.69) is 22.0 Å². The van der Waals surface area contributed by atoms with E-state index in [-0.39, 0.29) is 54.7 Å². The fraction of sp³-hybridized carbons (Fsp3) is 0.815. The zero-order valence-electron chi connectivity index (χ0n) is 21.9. The summed E-state index contributed by atoms with van der Waals surface area (Å²) in [5.74, 6) is -0.933. The van der Waals surface area contributed by atoms with Crippen LogP contribution in [0.3, 0.4) is 0 Å². The van der Waals surface area contributed by atoms with E-state index in [4.69, 9.17) is 0 Å². The van der Waals surface area contributed by atoms with Gasteiger partial charge in [-0.05, 0) is 74.0 Å². The summed E-state index contributed by atoms with van der Waals surface area (Å²) >= 11 is 0. The Morgan fingerprint density at radius 3 is 2.49 bits per heavy atom. The second-order valence-corrected chi connectivity index (χ2v) is 13.0. The number of halogens is 1. The summed E-state index contributed by atoms with van der Waals surface area (Å²) in [7, 11) is 0. The number of nitrogens with one attached hydrogen (secondary N) is 3. The van der Waals surface area contributed by atoms with Crippen molar-refractivity contribution in [1.82, 2.24) is 20.9 Å². The Labute approximate surface area is 217 Å². The molecule has 3 saturated carbocycles. The first kappa shape index (κ1) is 25.9. The van der Waals surface area contributed by atoms with Crippen molar-refractivity contribution >= 4 is 23.6 Å². The Balaban J connectivity index is 1.37. The number of nitrogens with zero attached hydrogens (tertiary/aromatic N) is 2. The number of fused-ring (bicyclic) bond motifs is 5. The summed E-state index contributed by atoms with van der Waals surface area (Å²) in [6, 6.07) is -0.438. The number of nitriles is 1. The molecule has 10 heteroatoms. The van der Waals surface area contributed by atoms with Gasteiger partial charge in [0.25, 0.3) is 5.91 Å². The summed E-state index contributed by atoms with van der Waals surface area (Å²) in [5.41, 5.74) is -2.60. The maximum absolute atomic E-state index is 14.5. The fourth-order valence-electron chi connectivity index (χ4n) is 7.28. The van der Waals surface area contributed by atoms with E-state index < -0.39 is 35.1 Å². The van der Waals surface area contributed by atoms with Gasteiger partial charge in [0.1, 0.15) is 18.1 Å². The van der Waals surface area contributed by atoms with Gasteiger partial charge in [0.15, 0.2) is 5.67 Å². The molecule has 5 rings (SSSR count). The van der Waals surface area contributed by atoms with Crippen molar-refractivity contribution in [3.05, 3.63) is 0 Å². The number of amides is 4. The molecule has 3 N–H and O–H groups in total. The molecule has 5 fully saturated rings. The topological polar surface area (TPSA) is 131 Å². The normalized spacial score (nSPS) is 34.8. The van der Waals surface area contributed by atoms with Crippen LogP contribution < -0.4 is 16.0 Å². The van der Waals surface area contributed by atoms with Crippen LogP contribution in [0.4, 0.5) is 4.39 Å². The van der Waals surface area contributed by atoms with Crippen molar-refractivity contribution in [3.8, 4) is 6.07 Å². The molecule has 0 aromatic carbocycles. The van der Waals surface area contributed by atoms with Crippen molar-refractivity contribution in [3.63, 3.8) is 0 Å². The van der Waals surface area contributed by atoms with E-state index in [1.165, 1.54) is 0 Å². The molecule has 2 saturated heterocycles. The molecule has 37 heavy (non-hydrogen) atoms. The highest BCUT2D eigenvalue weighted by atomic mass is 19.1. The third-order valence-electron chi connectivity index (χ3n) is 9.46. The zero-order valence-corrected chi connectivity index (χ0v) is 21.9. The molecule has 202 valence electrons. The molecule has 9 nitrogen and oxygen atoms in total. The van der Waals surface area contributed by atoms with Crippen LogP contribution in [0.5, 0.6) is 0 Å². The largest absolute Gasteiger partial charge is 0.356 e. The maximum Gasteiger partial charge on any atom is 0.258 e. The van der Waals surface area contributed by atoms with Gasteiger partial charge in [-0.15, -0.1) is 0 Å². The average molecular weight is 516 g/mol. The number of carbonyl (C=O) groups is 4. The molecule has 0 radical (unpaired) electrons. The van der Waals surface area contributed by atoms with E-state index >= 15 is 0 Å². The van der Waals surface area contributed by atoms with Crippen molar-refractivity contribution in [2.75, 3.05) is 13.1 Å². The molecule has 0 unspecified atom stereocenters. The van der Waals surface area contributed by atoms with Crippen LogP contribution in [0, 0.1) is 46.3 Å². The maximum atomic E-state index is 14.5. The number of likely N-dealkylation sites (tertiary alicyclic amines) is 1. The smallest absolute Gasteiger partial charge is 0.258 e. The quantitative estimate of drug-likeness (QED) is 0.472. The molecule has 0 spiro atoms. The summed E-state index contributed by atoms with van der Waals surface area (Å²) in [5, 5.41) is 18.0. The lowest BCUT2D eigenvalue weighted by Gasteiger charge is -2.37. The molecule has 0 aromatic heterocycles. The van der Waals surface area contributed by atoms with Gasteiger partial charge in [-0.25, -0.2) is 4.39 Å². The third kappa shape index (κ3) is 4.70. The van der Waals surface area contributed by atoms with Crippen LogP contribution >= 0.6 is 0 Å². The molecular formula is C27H38FN5O4. The van der Waals surface area contributed by atoms with Crippen LogP contribution in [-0.4, -0.2) is 65.4 Å². The van der Waals surface area contributed by atoms with E-state index in [1.54, 1.807) is 4.90 Å². The molecule has 4 amide bonds. The first-order chi connectivity index (χ1) is 17.4. The van der Waals surface area contributed by atoms with Crippen LogP contribution in [0.1, 0.15) is 65.7 Å². The summed E-state index contributed by atoms with van der Waals surface area (Å²) in [6.45, 7) is 6.45. The lowest BCUT2D eigenvalue weighted by atomic mass is 9.78.